The van der Waals surface area contributed by atoms with Gasteiger partial charge in [0.2, 0.25) is 5.91 Å². The number of hydrogen-bond acceptors (Lipinski definition) is 4. The number of hydrogen-bond donors (Lipinski definition) is 1. The Morgan fingerprint density at radius 2 is 1.69 bits per heavy atom. The van der Waals surface area contributed by atoms with Crippen LogP contribution in [-0.2, 0) is 17.9 Å². The van der Waals surface area contributed by atoms with Crippen LogP contribution in [0.25, 0.3) is 27.8 Å². The van der Waals surface area contributed by atoms with E-state index in [9.17, 15) is 18.4 Å². The lowest BCUT2D eigenvalue weighted by Crippen LogP contribution is -2.32. The number of para-hydroxylation sites is 1. The van der Waals surface area contributed by atoms with Crippen molar-refractivity contribution in [1.29, 1.82) is 0 Å². The Kier molecular flexibility index (Phi) is 5.88. The van der Waals surface area contributed by atoms with Crippen LogP contribution in [0, 0.1) is 11.6 Å². The van der Waals surface area contributed by atoms with Crippen LogP contribution in [-0.4, -0.2) is 25.2 Å². The number of halogens is 2. The quantitative estimate of drug-likeness (QED) is 0.408. The molecule has 7 nitrogen and oxygen atoms in total. The largest absolute Gasteiger partial charge is 0.350 e. The molecule has 1 N–H and O–H groups in total. The van der Waals surface area contributed by atoms with Crippen LogP contribution in [0.5, 0.6) is 0 Å². The average Bonchev–Trinajstić information content (AvgIpc) is 3.30. The fraction of sp³-hybridized carbons (Fsp3) is 0.0769. The molecule has 1 amide bonds. The molecule has 0 fully saturated rings. The number of carbonyl (C=O) groups is 1. The summed E-state index contributed by atoms with van der Waals surface area (Å²) in [4.78, 5) is 29.4. The smallest absolute Gasteiger partial charge is 0.261 e. The van der Waals surface area contributed by atoms with Gasteiger partial charge in [-0.3, -0.25) is 14.2 Å². The zero-order chi connectivity index (χ0) is 24.4. The molecular weight excluding hydrogens is 452 g/mol. The second kappa shape index (κ2) is 9.30. The van der Waals surface area contributed by atoms with Crippen molar-refractivity contribution < 1.29 is 13.6 Å². The number of fused-ring (bicyclic) bond motifs is 1. The van der Waals surface area contributed by atoms with E-state index in [2.05, 4.69) is 15.4 Å². The summed E-state index contributed by atoms with van der Waals surface area (Å²) in [5.41, 5.74) is 2.67. The Hall–Kier alpha value is -4.66. The van der Waals surface area contributed by atoms with Crippen molar-refractivity contribution in [2.45, 2.75) is 13.1 Å². The van der Waals surface area contributed by atoms with Gasteiger partial charge in [-0.25, -0.2) is 18.4 Å². The van der Waals surface area contributed by atoms with Gasteiger partial charge in [0.25, 0.3) is 5.56 Å². The van der Waals surface area contributed by atoms with Crippen molar-refractivity contribution in [1.82, 2.24) is 24.6 Å². The van der Waals surface area contributed by atoms with E-state index in [4.69, 9.17) is 0 Å². The van der Waals surface area contributed by atoms with E-state index in [1.165, 1.54) is 30.6 Å². The zero-order valence-electron chi connectivity index (χ0n) is 18.4. The second-order valence-corrected chi connectivity index (χ2v) is 7.91. The molecule has 9 heteroatoms. The van der Waals surface area contributed by atoms with Crippen molar-refractivity contribution in [2.75, 3.05) is 0 Å². The van der Waals surface area contributed by atoms with Crippen molar-refractivity contribution in [2.24, 2.45) is 0 Å². The predicted molar refractivity (Wildman–Crippen MR) is 127 cm³/mol. The maximum atomic E-state index is 13.6. The molecule has 0 atom stereocenters. The number of rotatable bonds is 6. The first-order valence-electron chi connectivity index (χ1n) is 10.8. The fourth-order valence-electron chi connectivity index (χ4n) is 3.75. The SMILES string of the molecule is O=C(Cn1cnc2ccc(F)cc2c1=O)NCc1cn(-c2ccccc2)nc1-c1ccc(F)cc1. The summed E-state index contributed by atoms with van der Waals surface area (Å²) in [6, 6.07) is 19.1. The minimum Gasteiger partial charge on any atom is -0.350 e. The normalized spacial score (nSPS) is 11.0. The minimum atomic E-state index is -0.553. The lowest BCUT2D eigenvalue weighted by molar-refractivity contribution is -0.121. The van der Waals surface area contributed by atoms with Gasteiger partial charge in [-0.2, -0.15) is 5.10 Å². The monoisotopic (exact) mass is 471 g/mol. The summed E-state index contributed by atoms with van der Waals surface area (Å²) >= 11 is 0. The van der Waals surface area contributed by atoms with Crippen LogP contribution < -0.4 is 10.9 Å². The first-order valence-corrected chi connectivity index (χ1v) is 10.8. The van der Waals surface area contributed by atoms with Gasteiger partial charge in [0.1, 0.15) is 18.2 Å². The van der Waals surface area contributed by atoms with Crippen molar-refractivity contribution >= 4 is 16.8 Å². The maximum Gasteiger partial charge on any atom is 0.261 e. The van der Waals surface area contributed by atoms with Crippen LogP contribution in [0.3, 0.4) is 0 Å². The van der Waals surface area contributed by atoms with E-state index in [1.807, 2.05) is 30.3 Å². The van der Waals surface area contributed by atoms with Crippen LogP contribution in [0.1, 0.15) is 5.56 Å². The number of amides is 1. The summed E-state index contributed by atoms with van der Waals surface area (Å²) in [6.07, 6.45) is 3.06. The van der Waals surface area contributed by atoms with E-state index in [-0.39, 0.29) is 24.3 Å². The van der Waals surface area contributed by atoms with Crippen molar-refractivity contribution in [3.63, 3.8) is 0 Å². The molecule has 35 heavy (non-hydrogen) atoms. The molecule has 0 aliphatic carbocycles. The van der Waals surface area contributed by atoms with Crippen LogP contribution >= 0.6 is 0 Å². The van der Waals surface area contributed by atoms with E-state index >= 15 is 0 Å². The summed E-state index contributed by atoms with van der Waals surface area (Å²) in [7, 11) is 0. The molecule has 0 radical (unpaired) electrons. The third kappa shape index (κ3) is 4.70. The predicted octanol–water partition coefficient (Wildman–Crippen LogP) is 3.84. The minimum absolute atomic E-state index is 0.100. The Labute approximate surface area is 198 Å². The number of nitrogens with zero attached hydrogens (tertiary/aromatic N) is 4. The first kappa shape index (κ1) is 22.1. The molecule has 0 spiro atoms. The molecule has 5 rings (SSSR count). The third-order valence-corrected chi connectivity index (χ3v) is 5.50. The van der Waals surface area contributed by atoms with Gasteiger partial charge in [0.15, 0.2) is 0 Å². The Morgan fingerprint density at radius 3 is 2.46 bits per heavy atom. The van der Waals surface area contributed by atoms with Crippen LogP contribution in [0.4, 0.5) is 8.78 Å². The highest BCUT2D eigenvalue weighted by molar-refractivity contribution is 5.79. The summed E-state index contributed by atoms with van der Waals surface area (Å²) in [6.45, 7) is -0.153. The molecule has 0 saturated heterocycles. The molecule has 0 aliphatic heterocycles. The van der Waals surface area contributed by atoms with E-state index in [0.29, 0.717) is 22.3 Å². The number of benzene rings is 3. The number of nitrogens with one attached hydrogen (secondary N) is 1. The van der Waals surface area contributed by atoms with Gasteiger partial charge in [-0.15, -0.1) is 0 Å². The van der Waals surface area contributed by atoms with Gasteiger partial charge in [0.05, 0.1) is 28.6 Å². The summed E-state index contributed by atoms with van der Waals surface area (Å²) in [5, 5.41) is 7.53. The topological polar surface area (TPSA) is 81.8 Å². The molecular formula is C26H19F2N5O2. The van der Waals surface area contributed by atoms with Gasteiger partial charge < -0.3 is 5.32 Å². The van der Waals surface area contributed by atoms with E-state index in [1.54, 1.807) is 23.0 Å². The molecule has 174 valence electrons. The van der Waals surface area contributed by atoms with E-state index in [0.717, 1.165) is 16.3 Å². The summed E-state index contributed by atoms with van der Waals surface area (Å²) < 4.78 is 29.8. The lowest BCUT2D eigenvalue weighted by Gasteiger charge is -2.08. The molecule has 2 aromatic heterocycles. The van der Waals surface area contributed by atoms with Crippen LogP contribution in [0.2, 0.25) is 0 Å². The number of aromatic nitrogens is 4. The maximum absolute atomic E-state index is 13.6. The molecule has 0 aliphatic rings. The Balaban J connectivity index is 1.39. The van der Waals surface area contributed by atoms with Gasteiger partial charge in [-0.05, 0) is 54.6 Å². The molecule has 3 aromatic carbocycles. The fourth-order valence-corrected chi connectivity index (χ4v) is 3.75. The first-order chi connectivity index (χ1) is 17.0. The van der Waals surface area contributed by atoms with E-state index < -0.39 is 17.3 Å². The van der Waals surface area contributed by atoms with Gasteiger partial charge in [0, 0.05) is 23.9 Å². The molecule has 5 aromatic rings. The average molecular weight is 471 g/mol. The highest BCUT2D eigenvalue weighted by Gasteiger charge is 2.15. The Morgan fingerprint density at radius 1 is 0.943 bits per heavy atom. The summed E-state index contributed by atoms with van der Waals surface area (Å²) in [5.74, 6) is -1.34. The molecule has 0 saturated carbocycles. The number of carbonyl (C=O) groups excluding carboxylic acids is 1. The molecule has 0 unspecified atom stereocenters. The zero-order valence-corrected chi connectivity index (χ0v) is 18.4. The highest BCUT2D eigenvalue weighted by Crippen LogP contribution is 2.24. The third-order valence-electron chi connectivity index (χ3n) is 5.50. The van der Waals surface area contributed by atoms with Crippen molar-refractivity contribution in [3.8, 4) is 16.9 Å². The van der Waals surface area contributed by atoms with Gasteiger partial charge >= 0.3 is 0 Å². The lowest BCUT2D eigenvalue weighted by atomic mass is 10.1. The highest BCUT2D eigenvalue weighted by atomic mass is 19.1. The van der Waals surface area contributed by atoms with Gasteiger partial charge in [-0.1, -0.05) is 18.2 Å². The Bertz CT molecular complexity index is 1580. The van der Waals surface area contributed by atoms with Crippen LogP contribution in [0.15, 0.2) is 90.1 Å². The second-order valence-electron chi connectivity index (χ2n) is 7.91. The van der Waals surface area contributed by atoms with Crippen molar-refractivity contribution in [3.05, 3.63) is 113 Å². The molecule has 2 heterocycles. The standard InChI is InChI=1S/C26H19F2N5O2/c27-19-8-6-17(7-9-19)25-18(14-33(31-25)21-4-2-1-3-5-21)13-29-24(34)15-32-16-30-23-11-10-20(28)12-22(23)26(32)35/h1-12,14,16H,13,15H2,(H,29,34). The molecule has 0 bridgehead atoms.